The first-order valence-electron chi connectivity index (χ1n) is 6.07. The normalized spacial score (nSPS) is 16.9. The maximum atomic E-state index is 12.4. The fourth-order valence-corrected chi connectivity index (χ4v) is 3.14. The van der Waals surface area contributed by atoms with Crippen molar-refractivity contribution in [2.75, 3.05) is 19.6 Å². The Bertz CT molecular complexity index is 445. The summed E-state index contributed by atoms with van der Waals surface area (Å²) in [4.78, 5) is 14.4. The molecule has 2 N–H and O–H groups in total. The lowest BCUT2D eigenvalue weighted by Gasteiger charge is -2.31. The largest absolute Gasteiger partial charge is 0.339 e. The van der Waals surface area contributed by atoms with E-state index in [1.54, 1.807) is 0 Å². The van der Waals surface area contributed by atoms with Crippen molar-refractivity contribution in [1.29, 1.82) is 0 Å². The molecule has 3 nitrogen and oxygen atoms in total. The highest BCUT2D eigenvalue weighted by Gasteiger charge is 2.24. The van der Waals surface area contributed by atoms with Gasteiger partial charge in [0.05, 0.1) is 5.56 Å². The molecule has 1 aromatic rings. The number of amides is 1. The van der Waals surface area contributed by atoms with Gasteiger partial charge in [-0.25, -0.2) is 0 Å². The lowest BCUT2D eigenvalue weighted by Crippen LogP contribution is -2.40. The van der Waals surface area contributed by atoms with Gasteiger partial charge in [0.25, 0.3) is 5.91 Å². The predicted octanol–water partition coefficient (Wildman–Crippen LogP) is 2.86. The summed E-state index contributed by atoms with van der Waals surface area (Å²) in [6.45, 7) is 2.37. The molecule has 0 unspecified atom stereocenters. The smallest absolute Gasteiger partial charge is 0.255 e. The van der Waals surface area contributed by atoms with Crippen LogP contribution in [0.2, 0.25) is 0 Å². The third-order valence-electron chi connectivity index (χ3n) is 3.42. The summed E-state index contributed by atoms with van der Waals surface area (Å²) in [5.41, 5.74) is 6.43. The molecule has 0 aliphatic carbocycles. The Kier molecular flexibility index (Phi) is 5.03. The molecular weight excluding hydrogens is 407 g/mol. The van der Waals surface area contributed by atoms with Crippen LogP contribution in [-0.2, 0) is 0 Å². The topological polar surface area (TPSA) is 46.3 Å². The molecule has 1 saturated heterocycles. The van der Waals surface area contributed by atoms with Crippen LogP contribution in [0.15, 0.2) is 22.7 Å². The predicted molar refractivity (Wildman–Crippen MR) is 84.5 cm³/mol. The number of piperidine rings is 1. The number of benzene rings is 1. The minimum atomic E-state index is 0.121. The Morgan fingerprint density at radius 1 is 1.44 bits per heavy atom. The first kappa shape index (κ1) is 14.3. The van der Waals surface area contributed by atoms with E-state index in [0.29, 0.717) is 5.92 Å². The van der Waals surface area contributed by atoms with Gasteiger partial charge in [-0.2, -0.15) is 0 Å². The maximum absolute atomic E-state index is 12.4. The zero-order valence-electron chi connectivity index (χ0n) is 10.0. The fourth-order valence-electron chi connectivity index (χ4n) is 2.21. The molecule has 98 valence electrons. The Morgan fingerprint density at radius 2 is 2.11 bits per heavy atom. The van der Waals surface area contributed by atoms with Crippen molar-refractivity contribution in [2.24, 2.45) is 11.7 Å². The lowest BCUT2D eigenvalue weighted by atomic mass is 9.96. The van der Waals surface area contributed by atoms with Crippen LogP contribution >= 0.6 is 38.5 Å². The highest BCUT2D eigenvalue weighted by atomic mass is 127. The number of hydrogen-bond acceptors (Lipinski definition) is 2. The van der Waals surface area contributed by atoms with Gasteiger partial charge in [-0.1, -0.05) is 6.07 Å². The van der Waals surface area contributed by atoms with Crippen molar-refractivity contribution in [3.63, 3.8) is 0 Å². The van der Waals surface area contributed by atoms with E-state index in [-0.39, 0.29) is 5.91 Å². The minimum absolute atomic E-state index is 0.121. The Labute approximate surface area is 129 Å². The summed E-state index contributed by atoms with van der Waals surface area (Å²) in [5.74, 6) is 0.698. The van der Waals surface area contributed by atoms with E-state index in [4.69, 9.17) is 5.73 Å². The molecule has 1 aliphatic heterocycles. The third-order valence-corrected chi connectivity index (χ3v) is 5.91. The molecular formula is C13H16BrIN2O. The number of nitrogens with two attached hydrogens (primary N) is 1. The fraction of sp³-hybridized carbons (Fsp3) is 0.462. The number of halogens is 2. The lowest BCUT2D eigenvalue weighted by molar-refractivity contribution is 0.0692. The van der Waals surface area contributed by atoms with E-state index >= 15 is 0 Å². The van der Waals surface area contributed by atoms with Crippen molar-refractivity contribution in [3.05, 3.63) is 31.8 Å². The summed E-state index contributed by atoms with van der Waals surface area (Å²) in [7, 11) is 0. The second kappa shape index (κ2) is 6.34. The highest BCUT2D eigenvalue weighted by Crippen LogP contribution is 2.26. The van der Waals surface area contributed by atoms with Crippen molar-refractivity contribution in [3.8, 4) is 0 Å². The molecule has 1 aliphatic rings. The van der Waals surface area contributed by atoms with Gasteiger partial charge in [0.2, 0.25) is 0 Å². The average molecular weight is 423 g/mol. The third kappa shape index (κ3) is 3.05. The molecule has 2 rings (SSSR count). The minimum Gasteiger partial charge on any atom is -0.339 e. The van der Waals surface area contributed by atoms with E-state index < -0.39 is 0 Å². The Morgan fingerprint density at radius 3 is 2.72 bits per heavy atom. The maximum Gasteiger partial charge on any atom is 0.255 e. The monoisotopic (exact) mass is 422 g/mol. The van der Waals surface area contributed by atoms with Gasteiger partial charge in [-0.05, 0) is 76.0 Å². The molecule has 5 heteroatoms. The molecule has 0 bridgehead atoms. The van der Waals surface area contributed by atoms with Crippen molar-refractivity contribution >= 4 is 44.4 Å². The van der Waals surface area contributed by atoms with Gasteiger partial charge in [-0.15, -0.1) is 0 Å². The van der Waals surface area contributed by atoms with Gasteiger partial charge >= 0.3 is 0 Å². The van der Waals surface area contributed by atoms with Gasteiger partial charge < -0.3 is 10.6 Å². The summed E-state index contributed by atoms with van der Waals surface area (Å²) >= 11 is 5.73. The molecule has 18 heavy (non-hydrogen) atoms. The van der Waals surface area contributed by atoms with E-state index in [2.05, 4.69) is 38.5 Å². The molecule has 1 aromatic carbocycles. The second-order valence-electron chi connectivity index (χ2n) is 4.57. The van der Waals surface area contributed by atoms with E-state index in [0.717, 1.165) is 46.1 Å². The summed E-state index contributed by atoms with van der Waals surface area (Å²) in [6, 6.07) is 5.79. The molecule has 1 amide bonds. The quantitative estimate of drug-likeness (QED) is 0.745. The van der Waals surface area contributed by atoms with Crippen LogP contribution in [-0.4, -0.2) is 30.4 Å². The average Bonchev–Trinajstić information content (AvgIpc) is 2.41. The zero-order valence-corrected chi connectivity index (χ0v) is 13.8. The summed E-state index contributed by atoms with van der Waals surface area (Å²) in [6.07, 6.45) is 2.04. The molecule has 0 saturated carbocycles. The summed E-state index contributed by atoms with van der Waals surface area (Å²) in [5, 5.41) is 0. The molecule has 1 heterocycles. The molecule has 1 fully saturated rings. The van der Waals surface area contributed by atoms with E-state index in [1.165, 1.54) is 0 Å². The summed E-state index contributed by atoms with van der Waals surface area (Å²) < 4.78 is 1.96. The Hall–Kier alpha value is -0.140. The standard InChI is InChI=1S/C13H16BrIN2O/c14-12-10(2-1-3-11(12)15)13(18)17-6-4-9(8-16)5-7-17/h1-3,9H,4-8,16H2. The zero-order chi connectivity index (χ0) is 13.1. The van der Waals surface area contributed by atoms with Crippen LogP contribution in [0.1, 0.15) is 23.2 Å². The van der Waals surface area contributed by atoms with Gasteiger partial charge in [-0.3, -0.25) is 4.79 Å². The first-order chi connectivity index (χ1) is 8.63. The van der Waals surface area contributed by atoms with Crippen LogP contribution in [0.5, 0.6) is 0 Å². The van der Waals surface area contributed by atoms with E-state index in [1.807, 2.05) is 23.1 Å². The molecule has 0 spiro atoms. The first-order valence-corrected chi connectivity index (χ1v) is 7.94. The molecule has 0 aromatic heterocycles. The van der Waals surface area contributed by atoms with Crippen molar-refractivity contribution < 1.29 is 4.79 Å². The van der Waals surface area contributed by atoms with Gasteiger partial charge in [0, 0.05) is 21.1 Å². The second-order valence-corrected chi connectivity index (χ2v) is 6.53. The number of hydrogen-bond donors (Lipinski definition) is 1. The Balaban J connectivity index is 2.10. The van der Waals surface area contributed by atoms with Gasteiger partial charge in [0.15, 0.2) is 0 Å². The highest BCUT2D eigenvalue weighted by molar-refractivity contribution is 14.1. The number of nitrogens with zero attached hydrogens (tertiary/aromatic N) is 1. The van der Waals surface area contributed by atoms with Crippen molar-refractivity contribution in [1.82, 2.24) is 4.90 Å². The van der Waals surface area contributed by atoms with Gasteiger partial charge in [0.1, 0.15) is 0 Å². The van der Waals surface area contributed by atoms with Crippen molar-refractivity contribution in [2.45, 2.75) is 12.8 Å². The number of likely N-dealkylation sites (tertiary alicyclic amines) is 1. The van der Waals surface area contributed by atoms with Crippen LogP contribution in [0.3, 0.4) is 0 Å². The number of carbonyl (C=O) groups is 1. The SMILES string of the molecule is NCC1CCN(C(=O)c2cccc(I)c2Br)CC1. The van der Waals surface area contributed by atoms with Crippen LogP contribution < -0.4 is 5.73 Å². The number of carbonyl (C=O) groups excluding carboxylic acids is 1. The van der Waals surface area contributed by atoms with Crippen LogP contribution in [0, 0.1) is 9.49 Å². The molecule has 0 radical (unpaired) electrons. The van der Waals surface area contributed by atoms with E-state index in [9.17, 15) is 4.79 Å². The van der Waals surface area contributed by atoms with Crippen LogP contribution in [0.4, 0.5) is 0 Å². The molecule has 0 atom stereocenters. The van der Waals surface area contributed by atoms with Crippen LogP contribution in [0.25, 0.3) is 0 Å². The number of rotatable bonds is 2.